The van der Waals surface area contributed by atoms with E-state index in [4.69, 9.17) is 28.4 Å². The van der Waals surface area contributed by atoms with E-state index in [1.165, 1.54) is 51.4 Å². The minimum absolute atomic E-state index is 0.0850. The number of rotatable bonds is 40. The summed E-state index contributed by atoms with van der Waals surface area (Å²) < 4.78 is 66.1. The largest absolute Gasteiger partial charge is 0.491 e. The second-order valence-corrected chi connectivity index (χ2v) is 23.7. The zero-order chi connectivity index (χ0) is 58.7. The number of aryl methyl sites for hydroxylation is 3. The molecule has 2 aliphatic heterocycles. The number of benzene rings is 2. The second-order valence-electron chi connectivity index (χ2n) is 23.7. The average molecular weight is 1160 g/mol. The lowest BCUT2D eigenvalue weighted by Gasteiger charge is -2.40. The van der Waals surface area contributed by atoms with Gasteiger partial charge in [-0.15, -0.1) is 15.3 Å². The molecule has 3 aliphatic rings. The molecule has 4 heterocycles. The van der Waals surface area contributed by atoms with Gasteiger partial charge in [-0.2, -0.15) is 0 Å². The number of hydrogen-bond donors (Lipinski definition) is 3. The zero-order valence-electron chi connectivity index (χ0n) is 50.1. The third kappa shape index (κ3) is 23.1. The molecule has 460 valence electrons. The van der Waals surface area contributed by atoms with Gasteiger partial charge in [-0.3, -0.25) is 19.2 Å². The number of halogens is 2. The molecule has 1 saturated carbocycles. The highest BCUT2D eigenvalue weighted by atomic mass is 19.3. The number of amides is 2. The van der Waals surface area contributed by atoms with Gasteiger partial charge in [0.1, 0.15) is 35.3 Å². The minimum Gasteiger partial charge on any atom is -0.491 e. The lowest BCUT2D eigenvalue weighted by atomic mass is 9.86. The van der Waals surface area contributed by atoms with Gasteiger partial charge in [0.25, 0.3) is 5.91 Å². The monoisotopic (exact) mass is 1160 g/mol. The zero-order valence-corrected chi connectivity index (χ0v) is 50.1. The maximum absolute atomic E-state index is 13.9. The van der Waals surface area contributed by atoms with Crippen LogP contribution in [-0.2, 0) is 48.1 Å². The summed E-state index contributed by atoms with van der Waals surface area (Å²) in [6.07, 6.45) is 18.5. The van der Waals surface area contributed by atoms with Crippen LogP contribution in [-0.4, -0.2) is 143 Å². The highest BCUT2D eigenvalue weighted by Gasteiger charge is 2.43. The number of nitrogens with one attached hydrogen (secondary N) is 3. The highest BCUT2D eigenvalue weighted by molar-refractivity contribution is 5.94. The Morgan fingerprint density at radius 2 is 1.33 bits per heavy atom. The van der Waals surface area contributed by atoms with Crippen molar-refractivity contribution in [2.45, 2.75) is 199 Å². The molecule has 1 aliphatic carbocycles. The molecular weight excluding hydrogens is 1060 g/mol. The Morgan fingerprint density at radius 1 is 0.711 bits per heavy atom. The van der Waals surface area contributed by atoms with Crippen molar-refractivity contribution in [3.05, 3.63) is 102 Å². The summed E-state index contributed by atoms with van der Waals surface area (Å²) in [6.45, 7) is 18.7. The van der Waals surface area contributed by atoms with Crippen LogP contribution >= 0.6 is 0 Å². The van der Waals surface area contributed by atoms with Gasteiger partial charge in [0.15, 0.2) is 5.88 Å². The molecule has 2 bridgehead atoms. The number of alkyl halides is 2. The quantitative estimate of drug-likeness (QED) is 0.0282. The van der Waals surface area contributed by atoms with E-state index in [2.05, 4.69) is 71.6 Å². The standard InChI is InChI=1S/C63H96F2N10O8/c1-48-69-71-59(75(48)56-44-54-23-24-55(45-56)74(54)35-29-58(50-18-13-12-14-19-50)68-61(77)52-27-30-63(64,65)31-28-52)20-15-10-8-6-7-9-11-16-34-73-46-53(70-72-73)47-81-41-40-79-37-36-78-38-39-80-42-43-82-57-25-21-51(22-26-57)60(76)67-33-17-32-66-49(2)83-62(3,4)5/h12-14,18-19,21-22,25-26,46,52,54-56,58,66H,2,6-11,15-17,20,23-24,27-45,47H2,1,3-5H3,(H,67,76)(H,68,77). The van der Waals surface area contributed by atoms with Gasteiger partial charge in [-0.1, -0.05) is 74.1 Å². The highest BCUT2D eigenvalue weighted by Crippen LogP contribution is 2.42. The molecule has 0 spiro atoms. The van der Waals surface area contributed by atoms with E-state index < -0.39 is 5.92 Å². The first kappa shape index (κ1) is 65.0. The first-order valence-electron chi connectivity index (χ1n) is 30.9. The molecule has 0 radical (unpaired) electrons. The van der Waals surface area contributed by atoms with Crippen molar-refractivity contribution in [2.24, 2.45) is 5.92 Å². The normalized spacial score (nSPS) is 18.5. The van der Waals surface area contributed by atoms with Crippen LogP contribution in [0.25, 0.3) is 0 Å². The van der Waals surface area contributed by atoms with Crippen LogP contribution in [0, 0.1) is 12.8 Å². The molecule has 3 fully saturated rings. The van der Waals surface area contributed by atoms with Gasteiger partial charge in [-0.05, 0) is 128 Å². The van der Waals surface area contributed by atoms with Gasteiger partial charge in [0.2, 0.25) is 11.8 Å². The van der Waals surface area contributed by atoms with Crippen molar-refractivity contribution in [3.8, 4) is 5.75 Å². The Morgan fingerprint density at radius 3 is 1.99 bits per heavy atom. The molecule has 83 heavy (non-hydrogen) atoms. The number of unbranched alkanes of at least 4 members (excludes halogenated alkanes) is 7. The Kier molecular flexibility index (Phi) is 27.0. The molecule has 3 unspecified atom stereocenters. The Labute approximate surface area is 491 Å². The maximum atomic E-state index is 13.9. The van der Waals surface area contributed by atoms with E-state index in [1.807, 2.05) is 49.8 Å². The maximum Gasteiger partial charge on any atom is 0.251 e. The van der Waals surface area contributed by atoms with Gasteiger partial charge < -0.3 is 48.9 Å². The van der Waals surface area contributed by atoms with Crippen molar-refractivity contribution in [2.75, 3.05) is 72.5 Å². The summed E-state index contributed by atoms with van der Waals surface area (Å²) in [6, 6.07) is 18.4. The summed E-state index contributed by atoms with van der Waals surface area (Å²) >= 11 is 0. The molecule has 4 aromatic rings. The Bertz CT molecular complexity index is 2480. The second kappa shape index (κ2) is 34.4. The molecule has 20 heteroatoms. The summed E-state index contributed by atoms with van der Waals surface area (Å²) in [5.74, 6) is 0.111. The van der Waals surface area contributed by atoms with Gasteiger partial charge in [0, 0.05) is 75.0 Å². The fraction of sp³-hybridized carbons (Fsp3) is 0.683. The Hall–Kier alpha value is -5.54. The van der Waals surface area contributed by atoms with Gasteiger partial charge in [0.05, 0.1) is 65.1 Å². The van der Waals surface area contributed by atoms with E-state index >= 15 is 0 Å². The number of carbonyl (C=O) groups excluding carboxylic acids is 2. The van der Waals surface area contributed by atoms with Crippen molar-refractivity contribution < 1.29 is 46.8 Å². The molecular formula is C63H96F2N10O8. The first-order chi connectivity index (χ1) is 40.2. The molecule has 18 nitrogen and oxygen atoms in total. The first-order valence-corrected chi connectivity index (χ1v) is 30.9. The van der Waals surface area contributed by atoms with Gasteiger partial charge >= 0.3 is 0 Å². The summed E-state index contributed by atoms with van der Waals surface area (Å²) in [4.78, 5) is 28.5. The number of hydrogen-bond acceptors (Lipinski definition) is 14. The number of nitrogens with zero attached hydrogens (tertiary/aromatic N) is 7. The molecule has 2 aromatic heterocycles. The number of aromatic nitrogens is 6. The Balaban J connectivity index is 0.640. The van der Waals surface area contributed by atoms with E-state index in [0.29, 0.717) is 108 Å². The van der Waals surface area contributed by atoms with Crippen molar-refractivity contribution in [1.29, 1.82) is 0 Å². The van der Waals surface area contributed by atoms with Crippen LogP contribution in [0.15, 0.2) is 73.3 Å². The number of ether oxygens (including phenoxy) is 6. The van der Waals surface area contributed by atoms with Crippen molar-refractivity contribution in [3.63, 3.8) is 0 Å². The molecule has 2 amide bonds. The van der Waals surface area contributed by atoms with Crippen molar-refractivity contribution >= 4 is 11.8 Å². The number of piperidine rings is 1. The smallest absolute Gasteiger partial charge is 0.251 e. The third-order valence-corrected chi connectivity index (χ3v) is 15.9. The summed E-state index contributed by atoms with van der Waals surface area (Å²) in [5.41, 5.74) is 2.15. The summed E-state index contributed by atoms with van der Waals surface area (Å²) in [5, 5.41) is 27.1. The molecule has 3 N–H and O–H groups in total. The molecule has 2 saturated heterocycles. The van der Waals surface area contributed by atoms with Crippen LogP contribution in [0.4, 0.5) is 8.78 Å². The van der Waals surface area contributed by atoms with Crippen molar-refractivity contribution in [1.82, 2.24) is 50.6 Å². The lowest BCUT2D eigenvalue weighted by Crippen LogP contribution is -2.45. The van der Waals surface area contributed by atoms with Crippen LogP contribution in [0.5, 0.6) is 5.75 Å². The van der Waals surface area contributed by atoms with Crippen LogP contribution in [0.2, 0.25) is 0 Å². The predicted molar refractivity (Wildman–Crippen MR) is 315 cm³/mol. The summed E-state index contributed by atoms with van der Waals surface area (Å²) in [7, 11) is 0. The topological polar surface area (TPSA) is 190 Å². The molecule has 3 atom stereocenters. The fourth-order valence-electron chi connectivity index (χ4n) is 11.7. The third-order valence-electron chi connectivity index (χ3n) is 15.9. The molecule has 7 rings (SSSR count). The van der Waals surface area contributed by atoms with Gasteiger partial charge in [-0.25, -0.2) is 8.78 Å². The molecule has 2 aromatic carbocycles. The number of carbonyl (C=O) groups is 2. The van der Waals surface area contributed by atoms with Crippen LogP contribution < -0.4 is 20.7 Å². The van der Waals surface area contributed by atoms with E-state index in [0.717, 1.165) is 80.9 Å². The number of fused-ring (bicyclic) bond motifs is 2. The van der Waals surface area contributed by atoms with Crippen LogP contribution in [0.1, 0.15) is 182 Å². The average Bonchev–Trinajstić information content (AvgIpc) is 4.21. The fourth-order valence-corrected chi connectivity index (χ4v) is 11.7. The van der Waals surface area contributed by atoms with E-state index in [9.17, 15) is 18.4 Å². The minimum atomic E-state index is -2.65. The SMILES string of the molecule is C=C(NCCCNC(=O)c1ccc(OCCOCCOCCOCCOCc2cn(CCCCCCCCCCc3nnc(C)n3C3CC4CCC(C3)N4CCC(NC(=O)C3CCC(F)(F)CC3)c3ccccc3)nn2)cc1)OC(C)(C)C. The van der Waals surface area contributed by atoms with Crippen LogP contribution in [0.3, 0.4) is 0 Å². The van der Waals surface area contributed by atoms with E-state index in [1.54, 1.807) is 24.3 Å². The lowest BCUT2D eigenvalue weighted by molar-refractivity contribution is -0.130. The van der Waals surface area contributed by atoms with E-state index in [-0.39, 0.29) is 55.1 Å². The predicted octanol–water partition coefficient (Wildman–Crippen LogP) is 10.4.